The number of nitrogens with zero attached hydrogens (tertiary/aromatic N) is 2. The zero-order valence-corrected chi connectivity index (χ0v) is 21.0. The topological polar surface area (TPSA) is 102 Å². The molecule has 1 aromatic heterocycles. The zero-order chi connectivity index (χ0) is 25.4. The van der Waals surface area contributed by atoms with Gasteiger partial charge >= 0.3 is 12.1 Å². The molecule has 0 saturated heterocycles. The Morgan fingerprint density at radius 3 is 2.74 bits per heavy atom. The number of rotatable bonds is 9. The molecule has 1 amide bonds. The highest BCUT2D eigenvalue weighted by molar-refractivity contribution is 14.1. The van der Waals surface area contributed by atoms with E-state index in [4.69, 9.17) is 4.74 Å². The Morgan fingerprint density at radius 1 is 1.23 bits per heavy atom. The van der Waals surface area contributed by atoms with Crippen molar-refractivity contribution in [3.05, 3.63) is 68.2 Å². The Kier molecular flexibility index (Phi) is 9.03. The first kappa shape index (κ1) is 26.4. The van der Waals surface area contributed by atoms with Crippen LogP contribution >= 0.6 is 33.9 Å². The summed E-state index contributed by atoms with van der Waals surface area (Å²) in [5.74, 6) is -0.395. The maximum atomic E-state index is 12.9. The van der Waals surface area contributed by atoms with Crippen molar-refractivity contribution in [2.45, 2.75) is 12.6 Å². The number of methoxy groups -OCH3 is 1. The second-order valence-corrected chi connectivity index (χ2v) is 8.89. The number of aromatic nitrogens is 1. The van der Waals surface area contributed by atoms with Gasteiger partial charge in [0.05, 0.1) is 34.6 Å². The molecule has 0 spiro atoms. The van der Waals surface area contributed by atoms with Crippen LogP contribution in [0.2, 0.25) is 0 Å². The predicted octanol–water partition coefficient (Wildman–Crippen LogP) is 4.75. The molecule has 0 saturated carbocycles. The van der Waals surface area contributed by atoms with Crippen LogP contribution in [0.25, 0.3) is 0 Å². The van der Waals surface area contributed by atoms with Crippen LogP contribution in [0.1, 0.15) is 16.8 Å². The fourth-order valence-electron chi connectivity index (χ4n) is 2.64. The molecule has 0 aliphatic rings. The molecular formula is C22H18F3IN4O4S. The molecule has 0 aliphatic heterocycles. The summed E-state index contributed by atoms with van der Waals surface area (Å²) >= 11 is 3.21. The highest BCUT2D eigenvalue weighted by Crippen LogP contribution is 2.31. The van der Waals surface area contributed by atoms with E-state index < -0.39 is 23.6 Å². The zero-order valence-electron chi connectivity index (χ0n) is 18.1. The number of amides is 1. The smallest absolute Gasteiger partial charge is 0.416 e. The van der Waals surface area contributed by atoms with E-state index >= 15 is 0 Å². The van der Waals surface area contributed by atoms with Crippen LogP contribution in [-0.2, 0) is 26.9 Å². The summed E-state index contributed by atoms with van der Waals surface area (Å²) in [6.07, 6.45) is -3.05. The Balaban J connectivity index is 1.51. The fraction of sp³-hybridized carbons (Fsp3) is 0.182. The summed E-state index contributed by atoms with van der Waals surface area (Å²) in [5.41, 5.74) is 3.01. The molecule has 1 heterocycles. The third kappa shape index (κ3) is 8.20. The molecule has 13 heteroatoms. The minimum absolute atomic E-state index is 0.0596. The molecule has 0 radical (unpaired) electrons. The number of hydrogen-bond donors (Lipinski definition) is 2. The van der Waals surface area contributed by atoms with Crippen LogP contribution in [0.5, 0.6) is 5.75 Å². The number of anilines is 2. The number of hydrogen-bond acceptors (Lipinski definition) is 8. The molecule has 0 fully saturated rings. The van der Waals surface area contributed by atoms with Crippen LogP contribution in [0.3, 0.4) is 0 Å². The number of alkyl halides is 3. The third-order valence-corrected chi connectivity index (χ3v) is 5.92. The van der Waals surface area contributed by atoms with Crippen molar-refractivity contribution in [2.24, 2.45) is 5.10 Å². The molecule has 2 N–H and O–H groups in total. The van der Waals surface area contributed by atoms with Crippen molar-refractivity contribution in [1.29, 1.82) is 0 Å². The lowest BCUT2D eigenvalue weighted by molar-refractivity contribution is -0.143. The number of carbonyl (C=O) groups excluding carboxylic acids is 2. The number of nitrogens with one attached hydrogen (secondary N) is 2. The molecule has 2 aromatic carbocycles. The van der Waals surface area contributed by atoms with Crippen molar-refractivity contribution < 1.29 is 32.2 Å². The van der Waals surface area contributed by atoms with Crippen LogP contribution in [0.15, 0.2) is 52.9 Å². The maximum absolute atomic E-state index is 12.9. The second kappa shape index (κ2) is 12.0. The highest BCUT2D eigenvalue weighted by Gasteiger charge is 2.30. The molecule has 3 rings (SSSR count). The lowest BCUT2D eigenvalue weighted by Gasteiger charge is -2.08. The van der Waals surface area contributed by atoms with E-state index in [1.54, 1.807) is 23.6 Å². The van der Waals surface area contributed by atoms with Crippen molar-refractivity contribution >= 4 is 62.8 Å². The quantitative estimate of drug-likeness (QED) is 0.155. The summed E-state index contributed by atoms with van der Waals surface area (Å²) in [6, 6.07) is 9.90. The average Bonchev–Trinajstić information content (AvgIpc) is 3.24. The Morgan fingerprint density at radius 2 is 2.03 bits per heavy atom. The van der Waals surface area contributed by atoms with Gasteiger partial charge in [0.25, 0.3) is 0 Å². The number of benzene rings is 2. The lowest BCUT2D eigenvalue weighted by Crippen LogP contribution is -2.20. The van der Waals surface area contributed by atoms with E-state index in [2.05, 4.69) is 25.6 Å². The second-order valence-electron chi connectivity index (χ2n) is 6.87. The molecule has 0 unspecified atom stereocenters. The van der Waals surface area contributed by atoms with E-state index in [1.807, 2.05) is 22.6 Å². The number of carbonyl (C=O) groups is 2. The van der Waals surface area contributed by atoms with E-state index in [9.17, 15) is 22.8 Å². The van der Waals surface area contributed by atoms with Gasteiger partial charge in [-0.25, -0.2) is 15.2 Å². The Hall–Kier alpha value is -3.20. The molecule has 0 bridgehead atoms. The van der Waals surface area contributed by atoms with E-state index in [1.165, 1.54) is 36.8 Å². The lowest BCUT2D eigenvalue weighted by atomic mass is 10.2. The number of halogens is 4. The standard InChI is InChI=1S/C22H18F3IN4O4S/c1-33-20(32)11-34-18-6-5-13(7-17(18)26)10-27-30-19(31)9-16-12-35-21(29-16)28-15-4-2-3-14(8-15)22(23,24)25/h2-8,10,12H,9,11H2,1H3,(H,28,29)(H,30,31)/b27-10-. The fourth-order valence-corrected chi connectivity index (χ4v) is 4.06. The van der Waals surface area contributed by atoms with Gasteiger partial charge in [-0.3, -0.25) is 4.79 Å². The first-order valence-electron chi connectivity index (χ1n) is 9.84. The Bertz CT molecular complexity index is 1230. The molecular weight excluding hydrogens is 600 g/mol. The summed E-state index contributed by atoms with van der Waals surface area (Å²) < 4.78 is 49.2. The van der Waals surface area contributed by atoms with Gasteiger partial charge < -0.3 is 14.8 Å². The van der Waals surface area contributed by atoms with Gasteiger partial charge in [-0.15, -0.1) is 11.3 Å². The SMILES string of the molecule is COC(=O)COc1ccc(/C=N\NC(=O)Cc2csc(Nc3cccc(C(F)(F)F)c3)n2)cc1I. The molecule has 0 aliphatic carbocycles. The van der Waals surface area contributed by atoms with Crippen molar-refractivity contribution in [2.75, 3.05) is 19.0 Å². The molecule has 35 heavy (non-hydrogen) atoms. The van der Waals surface area contributed by atoms with E-state index in [-0.39, 0.29) is 18.7 Å². The third-order valence-electron chi connectivity index (χ3n) is 4.27. The molecule has 8 nitrogen and oxygen atoms in total. The Labute approximate surface area is 215 Å². The highest BCUT2D eigenvalue weighted by atomic mass is 127. The first-order valence-corrected chi connectivity index (χ1v) is 11.8. The van der Waals surface area contributed by atoms with E-state index in [0.717, 1.165) is 15.7 Å². The normalized spacial score (nSPS) is 11.3. The summed E-state index contributed by atoms with van der Waals surface area (Å²) in [5, 5.41) is 8.72. The molecule has 0 atom stereocenters. The number of esters is 1. The van der Waals surface area contributed by atoms with Crippen LogP contribution in [0.4, 0.5) is 24.0 Å². The molecule has 3 aromatic rings. The minimum atomic E-state index is -4.44. The van der Waals surface area contributed by atoms with Crippen LogP contribution in [-0.4, -0.2) is 36.8 Å². The maximum Gasteiger partial charge on any atom is 0.416 e. The van der Waals surface area contributed by atoms with Gasteiger partial charge in [0.1, 0.15) is 5.75 Å². The van der Waals surface area contributed by atoms with Crippen LogP contribution in [0, 0.1) is 3.57 Å². The monoisotopic (exact) mass is 618 g/mol. The van der Waals surface area contributed by atoms with Gasteiger partial charge in [-0.1, -0.05) is 6.07 Å². The van der Waals surface area contributed by atoms with Crippen molar-refractivity contribution in [1.82, 2.24) is 10.4 Å². The summed E-state index contributed by atoms with van der Waals surface area (Å²) in [4.78, 5) is 27.6. The minimum Gasteiger partial charge on any atom is -0.481 e. The van der Waals surface area contributed by atoms with Gasteiger partial charge in [-0.05, 0) is 64.6 Å². The summed E-state index contributed by atoms with van der Waals surface area (Å²) in [6.45, 7) is -0.205. The number of ether oxygens (including phenoxy) is 2. The summed E-state index contributed by atoms with van der Waals surface area (Å²) in [7, 11) is 1.27. The van der Waals surface area contributed by atoms with Crippen molar-refractivity contribution in [3.63, 3.8) is 0 Å². The van der Waals surface area contributed by atoms with Crippen LogP contribution < -0.4 is 15.5 Å². The molecule has 184 valence electrons. The van der Waals surface area contributed by atoms with Gasteiger partial charge in [0.15, 0.2) is 11.7 Å². The average molecular weight is 618 g/mol. The van der Waals surface area contributed by atoms with Gasteiger partial charge in [-0.2, -0.15) is 18.3 Å². The first-order chi connectivity index (χ1) is 16.6. The van der Waals surface area contributed by atoms with E-state index in [0.29, 0.717) is 22.1 Å². The number of thiazole rings is 1. The van der Waals surface area contributed by atoms with Crippen molar-refractivity contribution in [3.8, 4) is 5.75 Å². The predicted molar refractivity (Wildman–Crippen MR) is 133 cm³/mol. The van der Waals surface area contributed by atoms with Gasteiger partial charge in [0.2, 0.25) is 5.91 Å². The van der Waals surface area contributed by atoms with Gasteiger partial charge in [0, 0.05) is 11.1 Å². The largest absolute Gasteiger partial charge is 0.481 e. The number of hydrazone groups is 1.